The molecule has 0 aliphatic carbocycles. The predicted molar refractivity (Wildman–Crippen MR) is 65.6 cm³/mol. The Balaban J connectivity index is 2.50. The van der Waals surface area contributed by atoms with Crippen LogP contribution in [-0.4, -0.2) is 12.1 Å². The number of halogens is 1. The van der Waals surface area contributed by atoms with Gasteiger partial charge in [-0.3, -0.25) is 0 Å². The van der Waals surface area contributed by atoms with Crippen molar-refractivity contribution in [3.63, 3.8) is 0 Å². The van der Waals surface area contributed by atoms with Gasteiger partial charge >= 0.3 is 0 Å². The Morgan fingerprint density at radius 3 is 2.75 bits per heavy atom. The fourth-order valence-corrected chi connectivity index (χ4v) is 1.75. The third-order valence-corrected chi connectivity index (χ3v) is 2.60. The van der Waals surface area contributed by atoms with Crippen LogP contribution in [0.1, 0.15) is 0 Å². The Bertz CT molecular complexity index is 514. The number of hydrogen-bond acceptors (Lipinski definition) is 3. The summed E-state index contributed by atoms with van der Waals surface area (Å²) in [4.78, 5) is 4.03. The van der Waals surface area contributed by atoms with Crippen molar-refractivity contribution in [2.75, 3.05) is 12.8 Å². The maximum atomic E-state index is 6.05. The van der Waals surface area contributed by atoms with Crippen LogP contribution in [-0.2, 0) is 0 Å². The number of anilines is 1. The monoisotopic (exact) mass is 234 g/mol. The first-order valence-electron chi connectivity index (χ1n) is 4.77. The van der Waals surface area contributed by atoms with E-state index in [1.54, 1.807) is 13.3 Å². The molecular formula is C12H11ClN2O. The van der Waals surface area contributed by atoms with Crippen LogP contribution in [0.5, 0.6) is 5.75 Å². The SMILES string of the molecule is COc1ccc(-c2cccnc2N)cc1Cl. The lowest BCUT2D eigenvalue weighted by Crippen LogP contribution is -1.93. The van der Waals surface area contributed by atoms with Crippen LogP contribution in [0.15, 0.2) is 36.5 Å². The van der Waals surface area contributed by atoms with Gasteiger partial charge in [0.2, 0.25) is 0 Å². The number of methoxy groups -OCH3 is 1. The smallest absolute Gasteiger partial charge is 0.137 e. The second kappa shape index (κ2) is 4.41. The molecule has 0 bridgehead atoms. The molecule has 0 fully saturated rings. The van der Waals surface area contributed by atoms with Crippen molar-refractivity contribution in [2.24, 2.45) is 0 Å². The van der Waals surface area contributed by atoms with Gasteiger partial charge in [0, 0.05) is 11.8 Å². The summed E-state index contributed by atoms with van der Waals surface area (Å²) in [6, 6.07) is 9.26. The molecule has 0 radical (unpaired) electrons. The Morgan fingerprint density at radius 1 is 1.31 bits per heavy atom. The molecule has 16 heavy (non-hydrogen) atoms. The van der Waals surface area contributed by atoms with E-state index >= 15 is 0 Å². The van der Waals surface area contributed by atoms with Crippen molar-refractivity contribution in [3.8, 4) is 16.9 Å². The van der Waals surface area contributed by atoms with Crippen LogP contribution >= 0.6 is 11.6 Å². The highest BCUT2D eigenvalue weighted by molar-refractivity contribution is 6.32. The van der Waals surface area contributed by atoms with E-state index in [9.17, 15) is 0 Å². The number of hydrogen-bond donors (Lipinski definition) is 1. The van der Waals surface area contributed by atoms with Crippen LogP contribution in [0.4, 0.5) is 5.82 Å². The molecule has 4 heteroatoms. The summed E-state index contributed by atoms with van der Waals surface area (Å²) in [5.74, 6) is 1.14. The van der Waals surface area contributed by atoms with Crippen molar-refractivity contribution < 1.29 is 4.74 Å². The third-order valence-electron chi connectivity index (χ3n) is 2.30. The Labute approximate surface area is 98.8 Å². The minimum absolute atomic E-state index is 0.490. The lowest BCUT2D eigenvalue weighted by molar-refractivity contribution is 0.415. The number of pyridine rings is 1. The number of rotatable bonds is 2. The first-order valence-corrected chi connectivity index (χ1v) is 5.14. The van der Waals surface area contributed by atoms with Crippen LogP contribution in [0, 0.1) is 0 Å². The molecule has 0 saturated heterocycles. The zero-order valence-electron chi connectivity index (χ0n) is 8.77. The van der Waals surface area contributed by atoms with Gasteiger partial charge in [0.25, 0.3) is 0 Å². The lowest BCUT2D eigenvalue weighted by Gasteiger charge is -2.07. The molecule has 2 N–H and O–H groups in total. The molecule has 1 heterocycles. The third kappa shape index (κ3) is 1.95. The molecule has 3 nitrogen and oxygen atoms in total. The summed E-state index contributed by atoms with van der Waals surface area (Å²) < 4.78 is 5.09. The van der Waals surface area contributed by atoms with Crippen molar-refractivity contribution in [2.45, 2.75) is 0 Å². The Morgan fingerprint density at radius 2 is 2.12 bits per heavy atom. The number of ether oxygens (including phenoxy) is 1. The minimum atomic E-state index is 0.490. The summed E-state index contributed by atoms with van der Waals surface area (Å²) in [5, 5.41) is 0.559. The van der Waals surface area contributed by atoms with E-state index in [4.69, 9.17) is 22.1 Å². The Hall–Kier alpha value is -1.74. The summed E-state index contributed by atoms with van der Waals surface area (Å²) in [6.07, 6.45) is 1.66. The molecule has 1 aromatic carbocycles. The number of nitrogens with zero attached hydrogens (tertiary/aromatic N) is 1. The zero-order chi connectivity index (χ0) is 11.5. The van der Waals surface area contributed by atoms with Gasteiger partial charge in [0.05, 0.1) is 12.1 Å². The van der Waals surface area contributed by atoms with Gasteiger partial charge < -0.3 is 10.5 Å². The van der Waals surface area contributed by atoms with Crippen molar-refractivity contribution in [3.05, 3.63) is 41.6 Å². The van der Waals surface area contributed by atoms with E-state index < -0.39 is 0 Å². The van der Waals surface area contributed by atoms with Crippen molar-refractivity contribution in [1.29, 1.82) is 0 Å². The number of nitrogen functional groups attached to an aromatic ring is 1. The van der Waals surface area contributed by atoms with Crippen molar-refractivity contribution in [1.82, 2.24) is 4.98 Å². The van der Waals surface area contributed by atoms with Gasteiger partial charge in [-0.15, -0.1) is 0 Å². The first-order chi connectivity index (χ1) is 7.72. The fraction of sp³-hybridized carbons (Fsp3) is 0.0833. The number of aromatic nitrogens is 1. The quantitative estimate of drug-likeness (QED) is 0.869. The molecule has 0 atom stereocenters. The minimum Gasteiger partial charge on any atom is -0.495 e. The van der Waals surface area contributed by atoms with E-state index in [-0.39, 0.29) is 0 Å². The van der Waals surface area contributed by atoms with Crippen LogP contribution in [0.25, 0.3) is 11.1 Å². The number of nitrogens with two attached hydrogens (primary N) is 1. The highest BCUT2D eigenvalue weighted by Gasteiger charge is 2.06. The summed E-state index contributed by atoms with van der Waals surface area (Å²) in [5.41, 5.74) is 7.58. The summed E-state index contributed by atoms with van der Waals surface area (Å²) >= 11 is 6.05. The molecule has 0 aliphatic rings. The fourth-order valence-electron chi connectivity index (χ4n) is 1.50. The average Bonchev–Trinajstić information content (AvgIpc) is 2.29. The highest BCUT2D eigenvalue weighted by atomic mass is 35.5. The maximum Gasteiger partial charge on any atom is 0.137 e. The van der Waals surface area contributed by atoms with Gasteiger partial charge in [-0.2, -0.15) is 0 Å². The van der Waals surface area contributed by atoms with Crippen LogP contribution in [0.2, 0.25) is 5.02 Å². The second-order valence-corrected chi connectivity index (χ2v) is 3.69. The van der Waals surface area contributed by atoms with Crippen molar-refractivity contribution >= 4 is 17.4 Å². The second-order valence-electron chi connectivity index (χ2n) is 3.29. The molecule has 0 spiro atoms. The highest BCUT2D eigenvalue weighted by Crippen LogP contribution is 2.31. The normalized spacial score (nSPS) is 10.1. The molecule has 0 aliphatic heterocycles. The predicted octanol–water partition coefficient (Wildman–Crippen LogP) is 2.99. The zero-order valence-corrected chi connectivity index (χ0v) is 9.53. The lowest BCUT2D eigenvalue weighted by atomic mass is 10.1. The average molecular weight is 235 g/mol. The molecule has 1 aromatic heterocycles. The maximum absolute atomic E-state index is 6.05. The molecule has 2 aromatic rings. The molecule has 82 valence electrons. The number of benzene rings is 1. The standard InChI is InChI=1S/C12H11ClN2O/c1-16-11-5-4-8(7-10(11)13)9-3-2-6-15-12(9)14/h2-7H,1H3,(H2,14,15). The van der Waals surface area contributed by atoms with E-state index in [2.05, 4.69) is 4.98 Å². The van der Waals surface area contributed by atoms with Gasteiger partial charge in [-0.1, -0.05) is 17.7 Å². The molecule has 0 amide bonds. The van der Waals surface area contributed by atoms with E-state index in [1.807, 2.05) is 30.3 Å². The van der Waals surface area contributed by atoms with E-state index in [0.29, 0.717) is 16.6 Å². The van der Waals surface area contributed by atoms with Crippen LogP contribution in [0.3, 0.4) is 0 Å². The largest absolute Gasteiger partial charge is 0.495 e. The Kier molecular flexibility index (Phi) is 2.97. The van der Waals surface area contributed by atoms with E-state index in [0.717, 1.165) is 11.1 Å². The van der Waals surface area contributed by atoms with Gasteiger partial charge in [0.1, 0.15) is 11.6 Å². The van der Waals surface area contributed by atoms with E-state index in [1.165, 1.54) is 0 Å². The molecule has 2 rings (SSSR count). The summed E-state index contributed by atoms with van der Waals surface area (Å²) in [7, 11) is 1.58. The van der Waals surface area contributed by atoms with Gasteiger partial charge in [-0.05, 0) is 29.8 Å². The van der Waals surface area contributed by atoms with Crippen LogP contribution < -0.4 is 10.5 Å². The molecule has 0 saturated carbocycles. The summed E-state index contributed by atoms with van der Waals surface area (Å²) in [6.45, 7) is 0. The first kappa shape index (κ1) is 10.8. The molecule has 0 unspecified atom stereocenters. The van der Waals surface area contributed by atoms with Gasteiger partial charge in [-0.25, -0.2) is 4.98 Å². The topological polar surface area (TPSA) is 48.1 Å². The van der Waals surface area contributed by atoms with Gasteiger partial charge in [0.15, 0.2) is 0 Å². The molecular weight excluding hydrogens is 224 g/mol.